The molecule has 0 aliphatic rings. The van der Waals surface area contributed by atoms with Crippen molar-refractivity contribution in [2.24, 2.45) is 5.41 Å². The van der Waals surface area contributed by atoms with Gasteiger partial charge in [-0.3, -0.25) is 9.59 Å². The van der Waals surface area contributed by atoms with Crippen LogP contribution in [0.1, 0.15) is 149 Å². The van der Waals surface area contributed by atoms with Crippen molar-refractivity contribution in [3.05, 3.63) is 12.2 Å². The topological polar surface area (TPSA) is 216 Å². The van der Waals surface area contributed by atoms with Crippen LogP contribution in [-0.4, -0.2) is 91.4 Å². The molecule has 0 aliphatic heterocycles. The summed E-state index contributed by atoms with van der Waals surface area (Å²) in [4.78, 5) is 20.4. The van der Waals surface area contributed by atoms with E-state index in [2.05, 4.69) is 26.0 Å². The van der Waals surface area contributed by atoms with Gasteiger partial charge in [0.15, 0.2) is 0 Å². The fourth-order valence-corrected chi connectivity index (χ4v) is 3.70. The SMILES string of the molecule is CCCCCCCC/C=C\CCCCCCCC(=O)O.CCCCCCCCC(=O)O.OB(O)O.OCC(CO)(CO)CO. The van der Waals surface area contributed by atoms with Crippen molar-refractivity contribution >= 4 is 19.3 Å². The van der Waals surface area contributed by atoms with E-state index in [0.29, 0.717) is 12.8 Å². The fraction of sp³-hybridized carbons (Fsp3) is 0.875. The molecule has 0 saturated heterocycles. The van der Waals surface area contributed by atoms with E-state index in [0.717, 1.165) is 25.7 Å². The Hall–Kier alpha value is -1.54. The van der Waals surface area contributed by atoms with Crippen LogP contribution in [0.15, 0.2) is 12.2 Å². The van der Waals surface area contributed by atoms with E-state index in [1.54, 1.807) is 0 Å². The van der Waals surface area contributed by atoms with E-state index in [-0.39, 0.29) is 0 Å². The highest BCUT2D eigenvalue weighted by atomic mass is 16.5. The Balaban J connectivity index is -0.000000280. The van der Waals surface area contributed by atoms with Crippen LogP contribution in [0.25, 0.3) is 0 Å². The van der Waals surface area contributed by atoms with Crippen molar-refractivity contribution in [2.45, 2.75) is 149 Å². The largest absolute Gasteiger partial charge is 0.631 e. The number of hydrogen-bond acceptors (Lipinski definition) is 9. The van der Waals surface area contributed by atoms with Crippen molar-refractivity contribution < 1.29 is 55.3 Å². The van der Waals surface area contributed by atoms with Crippen LogP contribution < -0.4 is 0 Å². The molecule has 0 fully saturated rings. The zero-order valence-corrected chi connectivity index (χ0v) is 27.8. The molecule has 0 atom stereocenters. The van der Waals surface area contributed by atoms with Gasteiger partial charge in [0.1, 0.15) is 0 Å². The molecule has 0 unspecified atom stereocenters. The van der Waals surface area contributed by atoms with Crippen LogP contribution in [-0.2, 0) is 9.59 Å². The third-order valence-corrected chi connectivity index (χ3v) is 6.74. The zero-order chi connectivity index (χ0) is 34.3. The second-order valence-corrected chi connectivity index (χ2v) is 11.1. The van der Waals surface area contributed by atoms with Gasteiger partial charge in [0.05, 0.1) is 31.8 Å². The molecule has 44 heavy (non-hydrogen) atoms. The van der Waals surface area contributed by atoms with Crippen molar-refractivity contribution in [1.29, 1.82) is 0 Å². The summed E-state index contributed by atoms with van der Waals surface area (Å²) >= 11 is 0. The third-order valence-electron chi connectivity index (χ3n) is 6.74. The number of unbranched alkanes of at least 4 members (excludes halogenated alkanes) is 16. The third kappa shape index (κ3) is 50.1. The van der Waals surface area contributed by atoms with Gasteiger partial charge in [0.2, 0.25) is 0 Å². The normalized spacial score (nSPS) is 10.7. The van der Waals surface area contributed by atoms with Crippen LogP contribution >= 0.6 is 0 Å². The minimum absolute atomic E-state index is 0.332. The predicted octanol–water partition coefficient (Wildman–Crippen LogP) is 4.82. The molecule has 0 aromatic carbocycles. The number of aliphatic hydroxyl groups is 4. The summed E-state index contributed by atoms with van der Waals surface area (Å²) in [5.41, 5.74) is -1.11. The molecule has 12 heteroatoms. The van der Waals surface area contributed by atoms with Gasteiger partial charge in [-0.05, 0) is 38.5 Å². The lowest BCUT2D eigenvalue weighted by molar-refractivity contribution is -0.138. The van der Waals surface area contributed by atoms with Gasteiger partial charge in [-0.15, -0.1) is 0 Å². The maximum absolute atomic E-state index is 10.3. The van der Waals surface area contributed by atoms with Gasteiger partial charge in [0.25, 0.3) is 0 Å². The summed E-state index contributed by atoms with van der Waals surface area (Å²) in [6.07, 6.45) is 28.5. The molecule has 0 heterocycles. The standard InChI is InChI=1S/C18H34O2.C9H18O2.C5H12O4.BH3O3/c1-2-3-4-5-6-7-8-9-10-11-12-13-14-15-16-17-18(19)20;1-2-3-4-5-6-7-8-9(10)11;6-1-5(2-7,3-8)4-9;2-1(3)4/h9-10H,2-8,11-17H2,1H3,(H,19,20);2-8H2,1H3,(H,10,11);6-9H,1-4H2;2-4H/b10-9-;;;. The molecule has 0 amide bonds. The quantitative estimate of drug-likeness (QED) is 0.0355. The molecule has 264 valence electrons. The van der Waals surface area contributed by atoms with E-state index in [1.165, 1.54) is 96.3 Å². The minimum Gasteiger partial charge on any atom is -0.481 e. The molecule has 0 rings (SSSR count). The monoisotopic (exact) mass is 638 g/mol. The number of carboxylic acids is 2. The first-order valence-corrected chi connectivity index (χ1v) is 16.6. The number of aliphatic carboxylic acids is 2. The summed E-state index contributed by atoms with van der Waals surface area (Å²) in [5.74, 6) is -1.33. The summed E-state index contributed by atoms with van der Waals surface area (Å²) in [6.45, 7) is 2.81. The van der Waals surface area contributed by atoms with E-state index < -0.39 is 51.1 Å². The second-order valence-electron chi connectivity index (χ2n) is 11.1. The van der Waals surface area contributed by atoms with Gasteiger partial charge < -0.3 is 45.7 Å². The first kappa shape index (κ1) is 49.3. The van der Waals surface area contributed by atoms with Gasteiger partial charge in [-0.1, -0.05) is 109 Å². The second kappa shape index (κ2) is 41.5. The van der Waals surface area contributed by atoms with Crippen LogP contribution in [0.4, 0.5) is 0 Å². The molecule has 0 bridgehead atoms. The fourth-order valence-electron chi connectivity index (χ4n) is 3.70. The molecule has 0 aromatic rings. The molecule has 11 nitrogen and oxygen atoms in total. The lowest BCUT2D eigenvalue weighted by Crippen LogP contribution is -2.37. The maximum Gasteiger partial charge on any atom is 0.631 e. The Morgan fingerprint density at radius 1 is 0.500 bits per heavy atom. The highest BCUT2D eigenvalue weighted by molar-refractivity contribution is 6.30. The number of rotatable bonds is 26. The Kier molecular flexibility index (Phi) is 46.5. The van der Waals surface area contributed by atoms with Crippen LogP contribution in [0.3, 0.4) is 0 Å². The van der Waals surface area contributed by atoms with E-state index in [1.807, 2.05) is 0 Å². The average Bonchev–Trinajstić information content (AvgIpc) is 2.98. The molecule has 0 saturated carbocycles. The summed E-state index contributed by atoms with van der Waals surface area (Å²) in [6, 6.07) is 0. The van der Waals surface area contributed by atoms with Crippen molar-refractivity contribution in [3.8, 4) is 0 Å². The average molecular weight is 639 g/mol. The van der Waals surface area contributed by atoms with Crippen LogP contribution in [0.2, 0.25) is 0 Å². The smallest absolute Gasteiger partial charge is 0.481 e. The Morgan fingerprint density at radius 2 is 0.750 bits per heavy atom. The molecule has 0 aromatic heterocycles. The summed E-state index contributed by atoms with van der Waals surface area (Å²) < 4.78 is 0. The lowest BCUT2D eigenvalue weighted by Gasteiger charge is -2.23. The predicted molar refractivity (Wildman–Crippen MR) is 176 cm³/mol. The van der Waals surface area contributed by atoms with E-state index in [4.69, 9.17) is 45.7 Å². The number of allylic oxidation sites excluding steroid dienone is 2. The molecular weight excluding hydrogens is 571 g/mol. The van der Waals surface area contributed by atoms with Crippen LogP contribution in [0, 0.1) is 5.41 Å². The van der Waals surface area contributed by atoms with Gasteiger partial charge in [-0.2, -0.15) is 0 Å². The summed E-state index contributed by atoms with van der Waals surface area (Å²) in [5, 5.41) is 72.3. The zero-order valence-electron chi connectivity index (χ0n) is 27.8. The molecule has 0 aliphatic carbocycles. The highest BCUT2D eigenvalue weighted by Crippen LogP contribution is 2.12. The molecule has 9 N–H and O–H groups in total. The Labute approximate surface area is 267 Å². The van der Waals surface area contributed by atoms with E-state index >= 15 is 0 Å². The van der Waals surface area contributed by atoms with Crippen LogP contribution in [0.5, 0.6) is 0 Å². The number of hydrogen-bond donors (Lipinski definition) is 9. The summed E-state index contributed by atoms with van der Waals surface area (Å²) in [7, 11) is -2.17. The van der Waals surface area contributed by atoms with E-state index in [9.17, 15) is 9.59 Å². The van der Waals surface area contributed by atoms with Crippen molar-refractivity contribution in [3.63, 3.8) is 0 Å². The first-order chi connectivity index (χ1) is 21.0. The van der Waals surface area contributed by atoms with Crippen molar-refractivity contribution in [1.82, 2.24) is 0 Å². The lowest BCUT2D eigenvalue weighted by atomic mass is 9.93. The van der Waals surface area contributed by atoms with Gasteiger partial charge in [0, 0.05) is 12.8 Å². The first-order valence-electron chi connectivity index (χ1n) is 16.6. The Morgan fingerprint density at radius 3 is 0.977 bits per heavy atom. The number of carbonyl (C=O) groups is 2. The Bertz CT molecular complexity index is 580. The molecular formula is C32H67BO11. The highest BCUT2D eigenvalue weighted by Gasteiger charge is 2.26. The maximum atomic E-state index is 10.3. The molecule has 0 spiro atoms. The number of aliphatic hydroxyl groups excluding tert-OH is 4. The molecule has 0 radical (unpaired) electrons. The van der Waals surface area contributed by atoms with Gasteiger partial charge in [-0.25, -0.2) is 0 Å². The van der Waals surface area contributed by atoms with Crippen molar-refractivity contribution in [2.75, 3.05) is 26.4 Å². The van der Waals surface area contributed by atoms with Gasteiger partial charge >= 0.3 is 19.3 Å². The number of carboxylic acid groups (broad SMARTS) is 2. The minimum atomic E-state index is -2.17.